The molecule has 0 N–H and O–H groups in total. The normalized spacial score (nSPS) is 24.1. The first-order valence-electron chi connectivity index (χ1n) is 11.8. The van der Waals surface area contributed by atoms with Gasteiger partial charge >= 0.3 is 0 Å². The van der Waals surface area contributed by atoms with Crippen LogP contribution in [0.2, 0.25) is 0 Å². The number of likely N-dealkylation sites (tertiary alicyclic amines) is 1. The molecule has 3 aliphatic rings. The van der Waals surface area contributed by atoms with Gasteiger partial charge in [0.1, 0.15) is 0 Å². The summed E-state index contributed by atoms with van der Waals surface area (Å²) < 4.78 is 0. The molecule has 6 nitrogen and oxygen atoms in total. The summed E-state index contributed by atoms with van der Waals surface area (Å²) in [6.07, 6.45) is 10.5. The van der Waals surface area contributed by atoms with Gasteiger partial charge in [-0.3, -0.25) is 14.6 Å². The third-order valence-electron chi connectivity index (χ3n) is 7.11. The van der Waals surface area contributed by atoms with Gasteiger partial charge in [0.15, 0.2) is 0 Å². The number of anilines is 1. The van der Waals surface area contributed by atoms with Crippen molar-refractivity contribution in [1.82, 2.24) is 14.8 Å². The fraction of sp³-hybridized carbons (Fsp3) is 0.708. The van der Waals surface area contributed by atoms with Crippen molar-refractivity contribution in [1.29, 1.82) is 0 Å². The van der Waals surface area contributed by atoms with Gasteiger partial charge in [0.05, 0.1) is 5.92 Å². The Balaban J connectivity index is 1.33. The van der Waals surface area contributed by atoms with Gasteiger partial charge in [-0.25, -0.2) is 0 Å². The molecule has 1 atom stereocenters. The van der Waals surface area contributed by atoms with Gasteiger partial charge in [-0.1, -0.05) is 19.3 Å². The Bertz CT molecular complexity index is 746. The number of hydrogen-bond acceptors (Lipinski definition) is 4. The second kappa shape index (κ2) is 9.80. The molecule has 2 aliphatic heterocycles. The average molecular weight is 413 g/mol. The van der Waals surface area contributed by atoms with Crippen LogP contribution in [0.3, 0.4) is 0 Å². The minimum Gasteiger partial charge on any atom is -0.370 e. The van der Waals surface area contributed by atoms with Gasteiger partial charge in [0.2, 0.25) is 11.8 Å². The maximum Gasteiger partial charge on any atom is 0.227 e. The molecule has 30 heavy (non-hydrogen) atoms. The van der Waals surface area contributed by atoms with Gasteiger partial charge in [0.25, 0.3) is 0 Å². The zero-order valence-electron chi connectivity index (χ0n) is 18.4. The lowest BCUT2D eigenvalue weighted by Gasteiger charge is -2.37. The van der Waals surface area contributed by atoms with Gasteiger partial charge in [-0.05, 0) is 50.7 Å². The maximum absolute atomic E-state index is 13.3. The van der Waals surface area contributed by atoms with Gasteiger partial charge in [-0.15, -0.1) is 0 Å². The van der Waals surface area contributed by atoms with E-state index in [2.05, 4.69) is 22.0 Å². The second-order valence-corrected chi connectivity index (χ2v) is 9.36. The van der Waals surface area contributed by atoms with Crippen molar-refractivity contribution in [2.24, 2.45) is 11.8 Å². The fourth-order valence-corrected chi connectivity index (χ4v) is 5.36. The summed E-state index contributed by atoms with van der Waals surface area (Å²) in [6.45, 7) is 6.88. The van der Waals surface area contributed by atoms with Crippen molar-refractivity contribution in [3.05, 3.63) is 24.0 Å². The molecule has 0 bridgehead atoms. The van der Waals surface area contributed by atoms with E-state index in [9.17, 15) is 9.59 Å². The summed E-state index contributed by atoms with van der Waals surface area (Å²) in [6, 6.07) is 4.17. The van der Waals surface area contributed by atoms with Crippen LogP contribution in [0.25, 0.3) is 0 Å². The number of amides is 2. The molecular formula is C24H36N4O2. The predicted molar refractivity (Wildman–Crippen MR) is 118 cm³/mol. The quantitative estimate of drug-likeness (QED) is 0.762. The van der Waals surface area contributed by atoms with Crippen molar-refractivity contribution >= 4 is 17.5 Å². The molecule has 1 aromatic heterocycles. The number of piperidine rings is 1. The minimum atomic E-state index is -0.0268. The number of carbonyl (C=O) groups is 2. The Morgan fingerprint density at radius 2 is 1.90 bits per heavy atom. The van der Waals surface area contributed by atoms with Crippen LogP contribution in [-0.4, -0.2) is 65.9 Å². The van der Waals surface area contributed by atoms with E-state index in [1.54, 1.807) is 0 Å². The largest absolute Gasteiger partial charge is 0.370 e. The Kier molecular flexibility index (Phi) is 6.90. The Morgan fingerprint density at radius 3 is 2.70 bits per heavy atom. The van der Waals surface area contributed by atoms with E-state index in [4.69, 9.17) is 0 Å². The molecule has 4 rings (SSSR count). The van der Waals surface area contributed by atoms with Crippen molar-refractivity contribution in [2.75, 3.05) is 44.2 Å². The minimum absolute atomic E-state index is 0.0268. The lowest BCUT2D eigenvalue weighted by atomic mass is 9.87. The van der Waals surface area contributed by atoms with Crippen molar-refractivity contribution in [2.45, 2.75) is 58.3 Å². The summed E-state index contributed by atoms with van der Waals surface area (Å²) in [4.78, 5) is 36.5. The summed E-state index contributed by atoms with van der Waals surface area (Å²) >= 11 is 0. The summed E-state index contributed by atoms with van der Waals surface area (Å²) in [5, 5.41) is 0. The van der Waals surface area contributed by atoms with E-state index in [0.717, 1.165) is 44.8 Å². The number of nitrogens with zero attached hydrogens (tertiary/aromatic N) is 4. The predicted octanol–water partition coefficient (Wildman–Crippen LogP) is 3.25. The van der Waals surface area contributed by atoms with Crippen molar-refractivity contribution in [3.8, 4) is 0 Å². The molecule has 1 aromatic rings. The third kappa shape index (κ3) is 5.13. The van der Waals surface area contributed by atoms with Crippen molar-refractivity contribution in [3.63, 3.8) is 0 Å². The van der Waals surface area contributed by atoms with Crippen molar-refractivity contribution < 1.29 is 9.59 Å². The first kappa shape index (κ1) is 21.1. The number of aromatic nitrogens is 1. The molecule has 3 heterocycles. The molecule has 0 spiro atoms. The van der Waals surface area contributed by atoms with Gasteiger partial charge in [-0.2, -0.15) is 0 Å². The zero-order chi connectivity index (χ0) is 20.9. The van der Waals surface area contributed by atoms with E-state index in [-0.39, 0.29) is 17.7 Å². The first-order chi connectivity index (χ1) is 14.6. The summed E-state index contributed by atoms with van der Waals surface area (Å²) in [5.41, 5.74) is 2.22. The summed E-state index contributed by atoms with van der Waals surface area (Å²) in [5.74, 6) is 1.11. The third-order valence-corrected chi connectivity index (χ3v) is 7.11. The standard InChI is InChI=1S/C24H36N4O2/c1-19-16-22(10-11-25-19)26-12-5-13-27(15-14-26)24(30)21-8-9-23(29)28(18-21)17-20-6-3-2-4-7-20/h10-11,16,20-21H,2-9,12-15,17-18H2,1H3/t21-/m1/s1. The number of rotatable bonds is 4. The molecule has 1 aliphatic carbocycles. The Morgan fingerprint density at radius 1 is 1.07 bits per heavy atom. The summed E-state index contributed by atoms with van der Waals surface area (Å²) in [7, 11) is 0. The van der Waals surface area contributed by atoms with E-state index < -0.39 is 0 Å². The van der Waals surface area contributed by atoms with Crippen LogP contribution in [0.5, 0.6) is 0 Å². The highest BCUT2D eigenvalue weighted by Crippen LogP contribution is 2.28. The van der Waals surface area contributed by atoms with E-state index in [1.165, 1.54) is 37.8 Å². The molecule has 2 saturated heterocycles. The monoisotopic (exact) mass is 412 g/mol. The van der Waals surface area contributed by atoms with E-state index in [0.29, 0.717) is 25.3 Å². The lowest BCUT2D eigenvalue weighted by Crippen LogP contribution is -2.49. The number of carbonyl (C=O) groups excluding carboxylic acids is 2. The molecule has 164 valence electrons. The highest BCUT2D eigenvalue weighted by molar-refractivity contribution is 5.84. The molecule has 0 radical (unpaired) electrons. The fourth-order valence-electron chi connectivity index (χ4n) is 5.36. The number of pyridine rings is 1. The molecule has 3 fully saturated rings. The molecule has 0 unspecified atom stereocenters. The number of aryl methyl sites for hydroxylation is 1. The topological polar surface area (TPSA) is 56.8 Å². The van der Waals surface area contributed by atoms with Crippen LogP contribution >= 0.6 is 0 Å². The molecular weight excluding hydrogens is 376 g/mol. The number of hydrogen-bond donors (Lipinski definition) is 0. The lowest BCUT2D eigenvalue weighted by molar-refractivity contribution is -0.143. The van der Waals surface area contributed by atoms with Crippen LogP contribution in [0.1, 0.15) is 57.1 Å². The highest BCUT2D eigenvalue weighted by Gasteiger charge is 2.34. The molecule has 6 heteroatoms. The van der Waals surface area contributed by atoms with Crippen LogP contribution in [0.15, 0.2) is 18.3 Å². The average Bonchev–Trinajstić information content (AvgIpc) is 3.02. The second-order valence-electron chi connectivity index (χ2n) is 9.36. The smallest absolute Gasteiger partial charge is 0.227 e. The van der Waals surface area contributed by atoms with Crippen LogP contribution in [0.4, 0.5) is 5.69 Å². The van der Waals surface area contributed by atoms with Crippen LogP contribution in [-0.2, 0) is 9.59 Å². The maximum atomic E-state index is 13.3. The Hall–Kier alpha value is -2.11. The van der Waals surface area contributed by atoms with E-state index in [1.807, 2.05) is 22.9 Å². The van der Waals surface area contributed by atoms with Crippen LogP contribution in [0, 0.1) is 18.8 Å². The highest BCUT2D eigenvalue weighted by atomic mass is 16.2. The Labute approximate surface area is 180 Å². The molecule has 1 saturated carbocycles. The zero-order valence-corrected chi connectivity index (χ0v) is 18.4. The van der Waals surface area contributed by atoms with Gasteiger partial charge < -0.3 is 14.7 Å². The molecule has 0 aromatic carbocycles. The molecule has 2 amide bonds. The van der Waals surface area contributed by atoms with E-state index >= 15 is 0 Å². The van der Waals surface area contributed by atoms with Crippen LogP contribution < -0.4 is 4.90 Å². The van der Waals surface area contributed by atoms with Gasteiger partial charge in [0, 0.05) is 63.3 Å². The first-order valence-corrected chi connectivity index (χ1v) is 11.8. The SMILES string of the molecule is Cc1cc(N2CCCN(C(=O)[C@@H]3CCC(=O)N(CC4CCCCC4)C3)CC2)ccn1.